The molecular formula is C13H15FN2O3S. The average Bonchev–Trinajstić information content (AvgIpc) is 2.78. The van der Waals surface area contributed by atoms with Crippen LogP contribution in [0.15, 0.2) is 33.7 Å². The second-order valence-corrected chi connectivity index (χ2v) is 6.65. The normalized spacial score (nSPS) is 12.1. The molecule has 0 saturated carbocycles. The smallest absolute Gasteiger partial charge is 0.243 e. The van der Waals surface area contributed by atoms with Gasteiger partial charge in [0.05, 0.1) is 17.1 Å². The van der Waals surface area contributed by atoms with Crippen LogP contribution < -0.4 is 0 Å². The minimum Gasteiger partial charge on any atom is -0.361 e. The van der Waals surface area contributed by atoms with E-state index < -0.39 is 15.8 Å². The summed E-state index contributed by atoms with van der Waals surface area (Å²) in [4.78, 5) is -0.0803. The van der Waals surface area contributed by atoms with Crippen LogP contribution in [0.1, 0.15) is 17.0 Å². The molecule has 1 aromatic heterocycles. The van der Waals surface area contributed by atoms with E-state index in [1.807, 2.05) is 0 Å². The second kappa shape index (κ2) is 5.34. The van der Waals surface area contributed by atoms with Crippen molar-refractivity contribution < 1.29 is 17.3 Å². The van der Waals surface area contributed by atoms with Crippen LogP contribution in [0.4, 0.5) is 4.39 Å². The molecule has 0 N–H and O–H groups in total. The van der Waals surface area contributed by atoms with Gasteiger partial charge in [-0.15, -0.1) is 0 Å². The van der Waals surface area contributed by atoms with Gasteiger partial charge in [-0.05, 0) is 31.5 Å². The highest BCUT2D eigenvalue weighted by molar-refractivity contribution is 7.89. The molecular weight excluding hydrogens is 283 g/mol. The van der Waals surface area contributed by atoms with Gasteiger partial charge >= 0.3 is 0 Å². The molecule has 1 aromatic carbocycles. The van der Waals surface area contributed by atoms with Crippen molar-refractivity contribution in [3.05, 3.63) is 47.1 Å². The van der Waals surface area contributed by atoms with Gasteiger partial charge in [-0.2, -0.15) is 4.31 Å². The lowest BCUT2D eigenvalue weighted by Crippen LogP contribution is -2.26. The summed E-state index contributed by atoms with van der Waals surface area (Å²) in [5, 5.41) is 3.74. The van der Waals surface area contributed by atoms with Crippen LogP contribution in [-0.4, -0.2) is 24.9 Å². The summed E-state index contributed by atoms with van der Waals surface area (Å²) in [7, 11) is -2.34. The third-order valence-corrected chi connectivity index (χ3v) is 4.71. The van der Waals surface area contributed by atoms with E-state index in [2.05, 4.69) is 5.16 Å². The summed E-state index contributed by atoms with van der Waals surface area (Å²) in [6.07, 6.45) is 0. The third kappa shape index (κ3) is 2.88. The highest BCUT2D eigenvalue weighted by Gasteiger charge is 2.22. The first kappa shape index (κ1) is 14.7. The summed E-state index contributed by atoms with van der Waals surface area (Å²) >= 11 is 0. The molecule has 0 radical (unpaired) electrons. The van der Waals surface area contributed by atoms with Crippen LogP contribution in [-0.2, 0) is 16.6 Å². The Kier molecular flexibility index (Phi) is 3.92. The fraction of sp³-hybridized carbons (Fsp3) is 0.308. The van der Waals surface area contributed by atoms with Gasteiger partial charge in [-0.25, -0.2) is 12.8 Å². The Morgan fingerprint density at radius 2 is 2.00 bits per heavy atom. The maximum absolute atomic E-state index is 13.5. The molecule has 0 atom stereocenters. The Bertz CT molecular complexity index is 725. The lowest BCUT2D eigenvalue weighted by Gasteiger charge is -2.16. The highest BCUT2D eigenvalue weighted by atomic mass is 32.2. The zero-order valence-corrected chi connectivity index (χ0v) is 12.2. The number of benzene rings is 1. The molecule has 2 aromatic rings. The molecule has 7 heteroatoms. The van der Waals surface area contributed by atoms with Crippen molar-refractivity contribution in [2.24, 2.45) is 0 Å². The zero-order valence-electron chi connectivity index (χ0n) is 11.4. The Hall–Kier alpha value is -1.73. The molecule has 0 aliphatic rings. The molecule has 20 heavy (non-hydrogen) atoms. The second-order valence-electron chi connectivity index (χ2n) is 4.60. The van der Waals surface area contributed by atoms with Crippen LogP contribution in [0.25, 0.3) is 0 Å². The van der Waals surface area contributed by atoms with E-state index in [1.165, 1.54) is 19.2 Å². The SMILES string of the molecule is Cc1cc(CN(C)S(=O)(=O)c2ccc(C)c(F)c2)no1. The Morgan fingerprint density at radius 1 is 1.30 bits per heavy atom. The number of halogens is 1. The van der Waals surface area contributed by atoms with E-state index in [1.54, 1.807) is 19.9 Å². The summed E-state index contributed by atoms with van der Waals surface area (Å²) in [5.74, 6) is 0.0592. The fourth-order valence-electron chi connectivity index (χ4n) is 1.72. The van der Waals surface area contributed by atoms with E-state index >= 15 is 0 Å². The average molecular weight is 298 g/mol. The largest absolute Gasteiger partial charge is 0.361 e. The lowest BCUT2D eigenvalue weighted by molar-refractivity contribution is 0.378. The monoisotopic (exact) mass is 298 g/mol. The predicted molar refractivity (Wildman–Crippen MR) is 71.0 cm³/mol. The van der Waals surface area contributed by atoms with Crippen molar-refractivity contribution in [2.75, 3.05) is 7.05 Å². The molecule has 5 nitrogen and oxygen atoms in total. The molecule has 2 rings (SSSR count). The van der Waals surface area contributed by atoms with Gasteiger partial charge in [0.2, 0.25) is 10.0 Å². The molecule has 0 aliphatic heterocycles. The highest BCUT2D eigenvalue weighted by Crippen LogP contribution is 2.19. The van der Waals surface area contributed by atoms with Crippen molar-refractivity contribution in [1.82, 2.24) is 9.46 Å². The first-order chi connectivity index (χ1) is 9.30. The van der Waals surface area contributed by atoms with Gasteiger partial charge < -0.3 is 4.52 Å². The van der Waals surface area contributed by atoms with Gasteiger partial charge in [-0.3, -0.25) is 0 Å². The number of hydrogen-bond acceptors (Lipinski definition) is 4. The van der Waals surface area contributed by atoms with E-state index in [9.17, 15) is 12.8 Å². The van der Waals surface area contributed by atoms with E-state index in [0.717, 1.165) is 10.4 Å². The van der Waals surface area contributed by atoms with Gasteiger partial charge in [0.25, 0.3) is 0 Å². The first-order valence-electron chi connectivity index (χ1n) is 5.95. The van der Waals surface area contributed by atoms with E-state index in [0.29, 0.717) is 17.0 Å². The first-order valence-corrected chi connectivity index (χ1v) is 7.39. The van der Waals surface area contributed by atoms with Crippen LogP contribution in [0.5, 0.6) is 0 Å². The van der Waals surface area contributed by atoms with Gasteiger partial charge in [0, 0.05) is 13.1 Å². The van der Waals surface area contributed by atoms with Crippen molar-refractivity contribution in [3.8, 4) is 0 Å². The van der Waals surface area contributed by atoms with Crippen molar-refractivity contribution in [1.29, 1.82) is 0 Å². The van der Waals surface area contributed by atoms with E-state index in [4.69, 9.17) is 4.52 Å². The van der Waals surface area contributed by atoms with Crippen molar-refractivity contribution in [2.45, 2.75) is 25.3 Å². The zero-order chi connectivity index (χ0) is 14.9. The molecule has 1 heterocycles. The molecule has 0 amide bonds. The summed E-state index contributed by atoms with van der Waals surface area (Å²) in [6, 6.07) is 5.51. The summed E-state index contributed by atoms with van der Waals surface area (Å²) < 4.78 is 44.1. The maximum Gasteiger partial charge on any atom is 0.243 e. The molecule has 0 saturated heterocycles. The number of nitrogens with zero attached hydrogens (tertiary/aromatic N) is 2. The quantitative estimate of drug-likeness (QED) is 0.868. The van der Waals surface area contributed by atoms with Crippen molar-refractivity contribution in [3.63, 3.8) is 0 Å². The number of hydrogen-bond donors (Lipinski definition) is 0. The molecule has 108 valence electrons. The Balaban J connectivity index is 2.27. The number of aromatic nitrogens is 1. The fourth-order valence-corrected chi connectivity index (χ4v) is 2.87. The topological polar surface area (TPSA) is 63.4 Å². The molecule has 0 fully saturated rings. The molecule has 0 bridgehead atoms. The van der Waals surface area contributed by atoms with Crippen LogP contribution in [0, 0.1) is 19.7 Å². The van der Waals surface area contributed by atoms with Gasteiger partial charge in [0.15, 0.2) is 0 Å². The van der Waals surface area contributed by atoms with Crippen LogP contribution in [0.3, 0.4) is 0 Å². The number of aryl methyl sites for hydroxylation is 2. The maximum atomic E-state index is 13.5. The Labute approximate surface area is 117 Å². The predicted octanol–water partition coefficient (Wildman–Crippen LogP) is 2.25. The minimum atomic E-state index is -3.76. The molecule has 0 aliphatic carbocycles. The Morgan fingerprint density at radius 3 is 2.55 bits per heavy atom. The molecule has 0 unspecified atom stereocenters. The van der Waals surface area contributed by atoms with E-state index in [-0.39, 0.29) is 11.4 Å². The molecule has 0 spiro atoms. The van der Waals surface area contributed by atoms with Crippen LogP contribution >= 0.6 is 0 Å². The summed E-state index contributed by atoms with van der Waals surface area (Å²) in [5.41, 5.74) is 0.903. The number of sulfonamides is 1. The number of rotatable bonds is 4. The third-order valence-electron chi connectivity index (χ3n) is 2.91. The van der Waals surface area contributed by atoms with Crippen molar-refractivity contribution >= 4 is 10.0 Å². The van der Waals surface area contributed by atoms with Gasteiger partial charge in [-0.1, -0.05) is 11.2 Å². The summed E-state index contributed by atoms with van der Waals surface area (Å²) in [6.45, 7) is 3.36. The van der Waals surface area contributed by atoms with Crippen LogP contribution in [0.2, 0.25) is 0 Å². The standard InChI is InChI=1S/C13H15FN2O3S/c1-9-4-5-12(7-13(9)14)20(17,18)16(3)8-11-6-10(2)19-15-11/h4-7H,8H2,1-3H3. The minimum absolute atomic E-state index is 0.0647. The van der Waals surface area contributed by atoms with Gasteiger partial charge in [0.1, 0.15) is 11.6 Å². The lowest BCUT2D eigenvalue weighted by atomic mass is 10.2.